The zero-order chi connectivity index (χ0) is 20.9. The van der Waals surface area contributed by atoms with Gasteiger partial charge in [-0.15, -0.1) is 0 Å². The van der Waals surface area contributed by atoms with Gasteiger partial charge in [-0.05, 0) is 40.0 Å². The molecule has 0 aromatic heterocycles. The van der Waals surface area contributed by atoms with Crippen LogP contribution in [0.4, 0.5) is 9.59 Å². The zero-order valence-corrected chi connectivity index (χ0v) is 16.5. The van der Waals surface area contributed by atoms with Crippen LogP contribution < -0.4 is 16.0 Å². The van der Waals surface area contributed by atoms with Gasteiger partial charge in [0.1, 0.15) is 5.54 Å². The third-order valence-electron chi connectivity index (χ3n) is 4.80. The Balaban J connectivity index is 1.72. The van der Waals surface area contributed by atoms with E-state index in [1.807, 2.05) is 0 Å². The number of hydrogen-bond donors (Lipinski definition) is 3. The molecule has 0 aromatic carbocycles. The van der Waals surface area contributed by atoms with Gasteiger partial charge in [-0.25, -0.2) is 9.59 Å². The van der Waals surface area contributed by atoms with Crippen molar-refractivity contribution < 1.29 is 28.7 Å². The molecule has 1 atom stereocenters. The van der Waals surface area contributed by atoms with E-state index in [9.17, 15) is 24.0 Å². The molecule has 1 aliphatic heterocycles. The lowest BCUT2D eigenvalue weighted by molar-refractivity contribution is -0.154. The molecule has 2 fully saturated rings. The first kappa shape index (κ1) is 21.6. The van der Waals surface area contributed by atoms with Crippen LogP contribution in [0, 0.1) is 0 Å². The van der Waals surface area contributed by atoms with Crippen LogP contribution in [0.2, 0.25) is 0 Å². The van der Waals surface area contributed by atoms with Crippen LogP contribution in [0.3, 0.4) is 0 Å². The highest BCUT2D eigenvalue weighted by Crippen LogP contribution is 2.35. The quantitative estimate of drug-likeness (QED) is 0.430. The summed E-state index contributed by atoms with van der Waals surface area (Å²) < 4.78 is 4.99. The summed E-state index contributed by atoms with van der Waals surface area (Å²) in [6, 6.07) is -1.23. The Morgan fingerprint density at radius 2 is 1.82 bits per heavy atom. The van der Waals surface area contributed by atoms with Crippen LogP contribution in [-0.4, -0.2) is 59.0 Å². The minimum Gasteiger partial charge on any atom is -0.453 e. The van der Waals surface area contributed by atoms with Crippen molar-refractivity contribution >= 4 is 29.8 Å². The van der Waals surface area contributed by atoms with Crippen LogP contribution >= 0.6 is 0 Å². The maximum Gasteiger partial charge on any atom is 0.325 e. The van der Waals surface area contributed by atoms with E-state index in [0.29, 0.717) is 12.8 Å². The number of carbonyl (C=O) groups is 5. The summed E-state index contributed by atoms with van der Waals surface area (Å²) in [6.07, 6.45) is 2.14. The summed E-state index contributed by atoms with van der Waals surface area (Å²) in [5.74, 6) is -1.61. The lowest BCUT2D eigenvalue weighted by Gasteiger charge is -2.20. The number of rotatable bonds is 7. The lowest BCUT2D eigenvalue weighted by Crippen LogP contribution is -2.46. The minimum absolute atomic E-state index is 0.0557. The fourth-order valence-electron chi connectivity index (χ4n) is 3.40. The first-order valence-corrected chi connectivity index (χ1v) is 9.59. The SMILES string of the molecule is CC(C)NC(=O)NC(=O)[C@@H](C)OC(=O)CCCN1C(=O)NC2(CCCC2)C1=O. The molecule has 3 N–H and O–H groups in total. The maximum atomic E-state index is 12.5. The molecule has 1 saturated heterocycles. The Kier molecular flexibility index (Phi) is 6.98. The van der Waals surface area contributed by atoms with Crippen molar-refractivity contribution in [3.05, 3.63) is 0 Å². The number of amides is 6. The summed E-state index contributed by atoms with van der Waals surface area (Å²) >= 11 is 0. The second-order valence-electron chi connectivity index (χ2n) is 7.53. The van der Waals surface area contributed by atoms with Gasteiger partial charge in [0.2, 0.25) is 0 Å². The molecule has 0 bridgehead atoms. The van der Waals surface area contributed by atoms with Gasteiger partial charge in [-0.2, -0.15) is 0 Å². The van der Waals surface area contributed by atoms with E-state index in [4.69, 9.17) is 4.74 Å². The Morgan fingerprint density at radius 3 is 2.43 bits per heavy atom. The van der Waals surface area contributed by atoms with Crippen molar-refractivity contribution in [2.75, 3.05) is 6.54 Å². The van der Waals surface area contributed by atoms with Crippen molar-refractivity contribution in [3.63, 3.8) is 0 Å². The number of nitrogens with one attached hydrogen (secondary N) is 3. The fraction of sp³-hybridized carbons (Fsp3) is 0.722. The molecule has 0 radical (unpaired) electrons. The number of nitrogens with zero attached hydrogens (tertiary/aromatic N) is 1. The summed E-state index contributed by atoms with van der Waals surface area (Å²) in [4.78, 5) is 60.9. The van der Waals surface area contributed by atoms with Crippen LogP contribution in [0.25, 0.3) is 0 Å². The van der Waals surface area contributed by atoms with E-state index in [1.165, 1.54) is 6.92 Å². The van der Waals surface area contributed by atoms with Crippen molar-refractivity contribution in [1.82, 2.24) is 20.9 Å². The van der Waals surface area contributed by atoms with E-state index < -0.39 is 35.6 Å². The third kappa shape index (κ3) is 5.20. The monoisotopic (exact) mass is 396 g/mol. The van der Waals surface area contributed by atoms with Crippen molar-refractivity contribution in [2.24, 2.45) is 0 Å². The molecule has 1 spiro atoms. The molecule has 0 aromatic rings. The van der Waals surface area contributed by atoms with Gasteiger partial charge in [-0.3, -0.25) is 24.6 Å². The first-order valence-electron chi connectivity index (χ1n) is 9.59. The van der Waals surface area contributed by atoms with E-state index in [-0.39, 0.29) is 31.3 Å². The third-order valence-corrected chi connectivity index (χ3v) is 4.80. The zero-order valence-electron chi connectivity index (χ0n) is 16.5. The molecule has 6 amide bonds. The predicted molar refractivity (Wildman–Crippen MR) is 98.0 cm³/mol. The number of hydrogen-bond acceptors (Lipinski definition) is 6. The Hall–Kier alpha value is -2.65. The molecule has 0 unspecified atom stereocenters. The van der Waals surface area contributed by atoms with Crippen LogP contribution in [-0.2, 0) is 19.1 Å². The van der Waals surface area contributed by atoms with Gasteiger partial charge in [0.25, 0.3) is 11.8 Å². The van der Waals surface area contributed by atoms with Gasteiger partial charge >= 0.3 is 18.0 Å². The van der Waals surface area contributed by atoms with Gasteiger partial charge in [-0.1, -0.05) is 12.8 Å². The summed E-state index contributed by atoms with van der Waals surface area (Å²) in [5.41, 5.74) is -0.763. The van der Waals surface area contributed by atoms with Crippen LogP contribution in [0.5, 0.6) is 0 Å². The molecule has 1 saturated carbocycles. The predicted octanol–water partition coefficient (Wildman–Crippen LogP) is 0.797. The maximum absolute atomic E-state index is 12.5. The Bertz CT molecular complexity index is 656. The van der Waals surface area contributed by atoms with E-state index in [2.05, 4.69) is 16.0 Å². The molecule has 10 nitrogen and oxygen atoms in total. The molecule has 28 heavy (non-hydrogen) atoms. The molecule has 2 aliphatic rings. The van der Waals surface area contributed by atoms with Gasteiger partial charge in [0.15, 0.2) is 6.10 Å². The fourth-order valence-corrected chi connectivity index (χ4v) is 3.40. The molecule has 156 valence electrons. The average molecular weight is 396 g/mol. The molecule has 2 rings (SSSR count). The average Bonchev–Trinajstić information content (AvgIpc) is 3.14. The highest BCUT2D eigenvalue weighted by Gasteiger charge is 2.52. The van der Waals surface area contributed by atoms with Gasteiger partial charge in [0, 0.05) is 19.0 Å². The molecule has 1 aliphatic carbocycles. The Morgan fingerprint density at radius 1 is 1.18 bits per heavy atom. The second-order valence-corrected chi connectivity index (χ2v) is 7.53. The highest BCUT2D eigenvalue weighted by atomic mass is 16.5. The van der Waals surface area contributed by atoms with Crippen molar-refractivity contribution in [1.29, 1.82) is 0 Å². The molecule has 10 heteroatoms. The summed E-state index contributed by atoms with van der Waals surface area (Å²) in [7, 11) is 0. The number of urea groups is 2. The number of imide groups is 2. The highest BCUT2D eigenvalue weighted by molar-refractivity contribution is 6.07. The van der Waals surface area contributed by atoms with Gasteiger partial charge in [0.05, 0.1) is 0 Å². The largest absolute Gasteiger partial charge is 0.453 e. The second kappa shape index (κ2) is 9.03. The summed E-state index contributed by atoms with van der Waals surface area (Å²) in [6.45, 7) is 4.96. The first-order chi connectivity index (χ1) is 13.1. The smallest absolute Gasteiger partial charge is 0.325 e. The van der Waals surface area contributed by atoms with E-state index in [0.717, 1.165) is 17.7 Å². The minimum atomic E-state index is -1.14. The number of carbonyl (C=O) groups excluding carboxylic acids is 5. The van der Waals surface area contributed by atoms with Crippen molar-refractivity contribution in [3.8, 4) is 0 Å². The van der Waals surface area contributed by atoms with E-state index >= 15 is 0 Å². The normalized spacial score (nSPS) is 18.9. The van der Waals surface area contributed by atoms with Gasteiger partial charge < -0.3 is 15.4 Å². The Labute approximate surface area is 163 Å². The van der Waals surface area contributed by atoms with Crippen LogP contribution in [0.15, 0.2) is 0 Å². The lowest BCUT2D eigenvalue weighted by atomic mass is 9.98. The summed E-state index contributed by atoms with van der Waals surface area (Å²) in [5, 5.41) is 7.35. The molecular formula is C18H28N4O6. The van der Waals surface area contributed by atoms with Crippen molar-refractivity contribution in [2.45, 2.75) is 77.0 Å². The number of ether oxygens (including phenoxy) is 1. The molecular weight excluding hydrogens is 368 g/mol. The van der Waals surface area contributed by atoms with E-state index in [1.54, 1.807) is 13.8 Å². The number of esters is 1. The molecule has 1 heterocycles. The van der Waals surface area contributed by atoms with Crippen LogP contribution in [0.1, 0.15) is 59.3 Å². The standard InChI is InChI=1S/C18H28N4O6/c1-11(2)19-16(26)20-14(24)12(3)28-13(23)7-6-10-22-15(25)18(21-17(22)27)8-4-5-9-18/h11-12H,4-10H2,1-3H3,(H,21,27)(H2,19,20,24,26)/t12-/m1/s1. The topological polar surface area (TPSA) is 134 Å².